The minimum absolute atomic E-state index is 0.315. The third-order valence-corrected chi connectivity index (χ3v) is 2.08. The molecule has 0 saturated carbocycles. The number of carbonyl (C=O) groups is 1. The van der Waals surface area contributed by atoms with Gasteiger partial charge in [0.25, 0.3) is 5.79 Å². The van der Waals surface area contributed by atoms with Crippen LogP contribution in [-0.2, 0) is 9.53 Å². The third kappa shape index (κ3) is 3.79. The van der Waals surface area contributed by atoms with E-state index in [1.54, 1.807) is 26.0 Å². The van der Waals surface area contributed by atoms with Crippen molar-refractivity contribution in [1.82, 2.24) is 0 Å². The van der Waals surface area contributed by atoms with Crippen LogP contribution in [0.3, 0.4) is 0 Å². The number of para-hydroxylation sites is 1. The van der Waals surface area contributed by atoms with Crippen molar-refractivity contribution in [2.75, 3.05) is 0 Å². The van der Waals surface area contributed by atoms with Gasteiger partial charge in [-0.3, -0.25) is 0 Å². The minimum Gasteiger partial charge on any atom is -0.449 e. The first-order chi connectivity index (χ1) is 7.97. The summed E-state index contributed by atoms with van der Waals surface area (Å²) in [6.07, 6.45) is 1.43. The second-order valence-electron chi connectivity index (χ2n) is 3.81. The molecular weight excluding hydrogens is 216 g/mol. The third-order valence-electron chi connectivity index (χ3n) is 2.08. The van der Waals surface area contributed by atoms with Crippen molar-refractivity contribution in [3.63, 3.8) is 0 Å². The quantitative estimate of drug-likeness (QED) is 0.339. The summed E-state index contributed by atoms with van der Waals surface area (Å²) in [4.78, 5) is 11.5. The summed E-state index contributed by atoms with van der Waals surface area (Å²) >= 11 is 0. The van der Waals surface area contributed by atoms with E-state index in [0.29, 0.717) is 11.3 Å². The molecule has 0 spiro atoms. The molecule has 1 atom stereocenters. The van der Waals surface area contributed by atoms with Crippen LogP contribution in [0.2, 0.25) is 0 Å². The predicted molar refractivity (Wildman–Crippen MR) is 66.6 cm³/mol. The second kappa shape index (κ2) is 5.34. The lowest BCUT2D eigenvalue weighted by Crippen LogP contribution is -2.35. The molecule has 0 N–H and O–H groups in total. The minimum atomic E-state index is -1.20. The molecule has 0 amide bonds. The van der Waals surface area contributed by atoms with Gasteiger partial charge in [0.1, 0.15) is 5.75 Å². The standard InChI is InChI=1S/C14H16O3/c1-5-14(4,17-13(15)11(2)3)16-12-9-7-6-8-10-12/h5-10H,1-2H2,3-4H3. The fraction of sp³-hybridized carbons (Fsp3) is 0.214. The van der Waals surface area contributed by atoms with E-state index in [0.717, 1.165) is 0 Å². The largest absolute Gasteiger partial charge is 0.449 e. The fourth-order valence-electron chi connectivity index (χ4n) is 1.10. The normalized spacial score (nSPS) is 13.3. The predicted octanol–water partition coefficient (Wildman–Crippen LogP) is 3.09. The monoisotopic (exact) mass is 232 g/mol. The maximum absolute atomic E-state index is 11.5. The molecular formula is C14H16O3. The molecule has 0 saturated heterocycles. The SMILES string of the molecule is C=CC(C)(OC(=O)C(=C)C)Oc1ccccc1. The van der Waals surface area contributed by atoms with E-state index in [1.165, 1.54) is 6.08 Å². The number of carbonyl (C=O) groups excluding carboxylic acids is 1. The van der Waals surface area contributed by atoms with E-state index < -0.39 is 11.8 Å². The van der Waals surface area contributed by atoms with E-state index in [1.807, 2.05) is 18.2 Å². The lowest BCUT2D eigenvalue weighted by Gasteiger charge is -2.27. The first-order valence-corrected chi connectivity index (χ1v) is 5.23. The van der Waals surface area contributed by atoms with Crippen LogP contribution in [0.1, 0.15) is 13.8 Å². The zero-order valence-corrected chi connectivity index (χ0v) is 10.1. The van der Waals surface area contributed by atoms with Crippen LogP contribution in [0.25, 0.3) is 0 Å². The van der Waals surface area contributed by atoms with Gasteiger partial charge < -0.3 is 9.47 Å². The van der Waals surface area contributed by atoms with Crippen LogP contribution in [-0.4, -0.2) is 11.8 Å². The van der Waals surface area contributed by atoms with Crippen LogP contribution >= 0.6 is 0 Å². The van der Waals surface area contributed by atoms with Crippen LogP contribution < -0.4 is 4.74 Å². The second-order valence-corrected chi connectivity index (χ2v) is 3.81. The molecule has 0 heterocycles. The van der Waals surface area contributed by atoms with Gasteiger partial charge in [-0.15, -0.1) is 0 Å². The maximum atomic E-state index is 11.5. The fourth-order valence-corrected chi connectivity index (χ4v) is 1.10. The average molecular weight is 232 g/mol. The summed E-state index contributed by atoms with van der Waals surface area (Å²) in [5.74, 6) is -1.11. The number of rotatable bonds is 5. The Labute approximate surface area is 101 Å². The Morgan fingerprint density at radius 1 is 1.35 bits per heavy atom. The van der Waals surface area contributed by atoms with Gasteiger partial charge in [0.2, 0.25) is 0 Å². The van der Waals surface area contributed by atoms with Crippen LogP contribution in [0.5, 0.6) is 5.75 Å². The smallest absolute Gasteiger partial charge is 0.336 e. The molecule has 90 valence electrons. The van der Waals surface area contributed by atoms with Gasteiger partial charge in [-0.05, 0) is 25.1 Å². The molecule has 1 aromatic carbocycles. The molecule has 0 fully saturated rings. The zero-order chi connectivity index (χ0) is 12.9. The number of hydrogen-bond acceptors (Lipinski definition) is 3. The molecule has 3 nitrogen and oxygen atoms in total. The summed E-state index contributed by atoms with van der Waals surface area (Å²) in [6, 6.07) is 9.09. The highest BCUT2D eigenvalue weighted by atomic mass is 16.7. The molecule has 1 unspecified atom stereocenters. The van der Waals surface area contributed by atoms with Gasteiger partial charge >= 0.3 is 5.97 Å². The van der Waals surface area contributed by atoms with E-state index in [2.05, 4.69) is 13.2 Å². The maximum Gasteiger partial charge on any atom is 0.336 e. The lowest BCUT2D eigenvalue weighted by molar-refractivity contribution is -0.172. The van der Waals surface area contributed by atoms with E-state index in [-0.39, 0.29) is 0 Å². The van der Waals surface area contributed by atoms with Gasteiger partial charge in [0.15, 0.2) is 0 Å². The summed E-state index contributed by atoms with van der Waals surface area (Å²) in [7, 11) is 0. The first-order valence-electron chi connectivity index (χ1n) is 5.23. The Morgan fingerprint density at radius 3 is 2.41 bits per heavy atom. The van der Waals surface area contributed by atoms with Gasteiger partial charge in [0, 0.05) is 12.5 Å². The van der Waals surface area contributed by atoms with E-state index >= 15 is 0 Å². The highest BCUT2D eigenvalue weighted by Gasteiger charge is 2.27. The van der Waals surface area contributed by atoms with E-state index in [9.17, 15) is 4.79 Å². The summed E-state index contributed by atoms with van der Waals surface area (Å²) in [5, 5.41) is 0. The van der Waals surface area contributed by atoms with Crippen LogP contribution in [0.4, 0.5) is 0 Å². The van der Waals surface area contributed by atoms with Crippen molar-refractivity contribution in [1.29, 1.82) is 0 Å². The van der Waals surface area contributed by atoms with Crippen molar-refractivity contribution in [3.05, 3.63) is 55.1 Å². The molecule has 0 radical (unpaired) electrons. The molecule has 0 bridgehead atoms. The molecule has 1 aromatic rings. The molecule has 17 heavy (non-hydrogen) atoms. The lowest BCUT2D eigenvalue weighted by atomic mass is 10.3. The Hall–Kier alpha value is -2.03. The Kier molecular flexibility index (Phi) is 4.10. The summed E-state index contributed by atoms with van der Waals surface area (Å²) < 4.78 is 10.7. The molecule has 0 aliphatic heterocycles. The Balaban J connectivity index is 2.79. The number of esters is 1. The Morgan fingerprint density at radius 2 is 1.94 bits per heavy atom. The number of ether oxygens (including phenoxy) is 2. The highest BCUT2D eigenvalue weighted by molar-refractivity contribution is 5.87. The van der Waals surface area contributed by atoms with E-state index in [4.69, 9.17) is 9.47 Å². The average Bonchev–Trinajstić information content (AvgIpc) is 2.30. The van der Waals surface area contributed by atoms with Crippen LogP contribution in [0, 0.1) is 0 Å². The van der Waals surface area contributed by atoms with Gasteiger partial charge in [0.05, 0.1) is 0 Å². The van der Waals surface area contributed by atoms with Crippen molar-refractivity contribution >= 4 is 5.97 Å². The number of hydrogen-bond donors (Lipinski definition) is 0. The number of benzene rings is 1. The van der Waals surface area contributed by atoms with Crippen molar-refractivity contribution in [2.24, 2.45) is 0 Å². The van der Waals surface area contributed by atoms with Crippen LogP contribution in [0.15, 0.2) is 55.1 Å². The summed E-state index contributed by atoms with van der Waals surface area (Å²) in [6.45, 7) is 10.3. The Bertz CT molecular complexity index is 422. The zero-order valence-electron chi connectivity index (χ0n) is 10.1. The summed E-state index contributed by atoms with van der Waals surface area (Å²) in [5.41, 5.74) is 0.315. The molecule has 3 heteroatoms. The van der Waals surface area contributed by atoms with Crippen molar-refractivity contribution < 1.29 is 14.3 Å². The molecule has 1 rings (SSSR count). The molecule has 0 aliphatic rings. The highest BCUT2D eigenvalue weighted by Crippen LogP contribution is 2.21. The van der Waals surface area contributed by atoms with Gasteiger partial charge in [-0.2, -0.15) is 0 Å². The van der Waals surface area contributed by atoms with Gasteiger partial charge in [-0.25, -0.2) is 4.79 Å². The topological polar surface area (TPSA) is 35.5 Å². The first kappa shape index (κ1) is 13.0. The van der Waals surface area contributed by atoms with Crippen molar-refractivity contribution in [2.45, 2.75) is 19.6 Å². The van der Waals surface area contributed by atoms with Gasteiger partial charge in [-0.1, -0.05) is 31.4 Å². The molecule has 0 aromatic heterocycles. The van der Waals surface area contributed by atoms with Crippen molar-refractivity contribution in [3.8, 4) is 5.75 Å². The molecule has 0 aliphatic carbocycles.